The molecule has 0 saturated heterocycles. The molecule has 0 aliphatic heterocycles. The molecule has 0 saturated carbocycles. The molecule has 108 valence electrons. The highest BCUT2D eigenvalue weighted by atomic mass is 79.9. The number of hydrogen-bond acceptors (Lipinski definition) is 2. The molecule has 0 radical (unpaired) electrons. The highest BCUT2D eigenvalue weighted by Gasteiger charge is 2.18. The van der Waals surface area contributed by atoms with Gasteiger partial charge in [0.2, 0.25) is 0 Å². The molecule has 0 spiro atoms. The lowest BCUT2D eigenvalue weighted by atomic mass is 9.99. The van der Waals surface area contributed by atoms with Gasteiger partial charge in [-0.3, -0.25) is 4.68 Å². The normalized spacial score (nSPS) is 12.7. The van der Waals surface area contributed by atoms with Crippen LogP contribution in [0.15, 0.2) is 22.7 Å². The van der Waals surface area contributed by atoms with E-state index >= 15 is 0 Å². The van der Waals surface area contributed by atoms with Gasteiger partial charge in [0, 0.05) is 13.5 Å². The molecule has 1 heterocycles. The van der Waals surface area contributed by atoms with Gasteiger partial charge < -0.3 is 5.11 Å². The van der Waals surface area contributed by atoms with Crippen molar-refractivity contribution in [2.45, 2.75) is 32.8 Å². The maximum Gasteiger partial charge on any atom is 0.123 e. The van der Waals surface area contributed by atoms with Gasteiger partial charge >= 0.3 is 0 Å². The maximum atomic E-state index is 13.1. The first-order valence-corrected chi connectivity index (χ1v) is 7.37. The van der Waals surface area contributed by atoms with Gasteiger partial charge in [-0.2, -0.15) is 5.10 Å². The van der Waals surface area contributed by atoms with E-state index in [4.69, 9.17) is 0 Å². The molecule has 0 amide bonds. The number of aromatic nitrogens is 2. The molecule has 1 N–H and O–H groups in total. The summed E-state index contributed by atoms with van der Waals surface area (Å²) in [6.07, 6.45) is 0.600. The van der Waals surface area contributed by atoms with Crippen LogP contribution >= 0.6 is 15.9 Å². The van der Waals surface area contributed by atoms with Gasteiger partial charge in [-0.05, 0) is 52.5 Å². The molecule has 1 aromatic heterocycles. The molecule has 5 heteroatoms. The van der Waals surface area contributed by atoms with Crippen LogP contribution in [0.2, 0.25) is 0 Å². The Morgan fingerprint density at radius 2 is 2.15 bits per heavy atom. The standard InChI is InChI=1S/C15H18BrFN2O/c1-4-12-15(16)13(19(3)18-12)8-14(20)11-6-5-10(17)7-9(11)2/h5-7,14,20H,4,8H2,1-3H3. The second-order valence-corrected chi connectivity index (χ2v) is 5.70. The van der Waals surface area contributed by atoms with Crippen LogP contribution < -0.4 is 0 Å². The molecule has 0 bridgehead atoms. The van der Waals surface area contributed by atoms with Crippen LogP contribution in [0.5, 0.6) is 0 Å². The first-order valence-electron chi connectivity index (χ1n) is 6.58. The Labute approximate surface area is 126 Å². The SMILES string of the molecule is CCc1nn(C)c(CC(O)c2ccc(F)cc2C)c1Br. The third kappa shape index (κ3) is 2.94. The summed E-state index contributed by atoms with van der Waals surface area (Å²) in [6, 6.07) is 4.45. The molecule has 0 fully saturated rings. The zero-order valence-electron chi connectivity index (χ0n) is 11.8. The minimum atomic E-state index is -0.674. The Balaban J connectivity index is 2.27. The van der Waals surface area contributed by atoms with Crippen LogP contribution in [-0.2, 0) is 19.9 Å². The number of nitrogens with zero attached hydrogens (tertiary/aromatic N) is 2. The third-order valence-electron chi connectivity index (χ3n) is 3.48. The zero-order chi connectivity index (χ0) is 14.9. The van der Waals surface area contributed by atoms with E-state index in [1.54, 1.807) is 17.7 Å². The van der Waals surface area contributed by atoms with E-state index in [9.17, 15) is 9.50 Å². The molecule has 20 heavy (non-hydrogen) atoms. The summed E-state index contributed by atoms with van der Waals surface area (Å²) in [6.45, 7) is 3.84. The Hall–Kier alpha value is -1.20. The van der Waals surface area contributed by atoms with Gasteiger partial charge in [0.25, 0.3) is 0 Å². The monoisotopic (exact) mass is 340 g/mol. The molecule has 0 aliphatic rings. The minimum absolute atomic E-state index is 0.284. The van der Waals surface area contributed by atoms with Crippen LogP contribution in [0.25, 0.3) is 0 Å². The van der Waals surface area contributed by atoms with E-state index in [0.29, 0.717) is 6.42 Å². The molecular weight excluding hydrogens is 323 g/mol. The second kappa shape index (κ2) is 6.06. The van der Waals surface area contributed by atoms with Crippen molar-refractivity contribution in [3.05, 3.63) is 51.0 Å². The number of aryl methyl sites for hydroxylation is 3. The molecule has 2 rings (SSSR count). The summed E-state index contributed by atoms with van der Waals surface area (Å²) in [7, 11) is 1.86. The summed E-state index contributed by atoms with van der Waals surface area (Å²) in [5.74, 6) is -0.284. The maximum absolute atomic E-state index is 13.1. The number of aliphatic hydroxyl groups is 1. The Bertz CT molecular complexity index is 625. The number of hydrogen-bond donors (Lipinski definition) is 1. The molecule has 1 aromatic carbocycles. The van der Waals surface area contributed by atoms with Crippen LogP contribution in [-0.4, -0.2) is 14.9 Å². The molecule has 3 nitrogen and oxygen atoms in total. The lowest BCUT2D eigenvalue weighted by Gasteiger charge is -2.14. The smallest absolute Gasteiger partial charge is 0.123 e. The van der Waals surface area contributed by atoms with E-state index in [-0.39, 0.29) is 5.82 Å². The first-order chi connectivity index (χ1) is 9.43. The van der Waals surface area contributed by atoms with E-state index in [2.05, 4.69) is 21.0 Å². The minimum Gasteiger partial charge on any atom is -0.388 e. The van der Waals surface area contributed by atoms with Crippen molar-refractivity contribution < 1.29 is 9.50 Å². The Morgan fingerprint density at radius 1 is 1.45 bits per heavy atom. The van der Waals surface area contributed by atoms with E-state index in [1.165, 1.54) is 12.1 Å². The number of benzene rings is 1. The molecular formula is C15H18BrFN2O. The van der Waals surface area contributed by atoms with Crippen LogP contribution in [0, 0.1) is 12.7 Å². The fraction of sp³-hybridized carbons (Fsp3) is 0.400. The number of halogens is 2. The predicted molar refractivity (Wildman–Crippen MR) is 80.1 cm³/mol. The van der Waals surface area contributed by atoms with Crippen molar-refractivity contribution in [2.75, 3.05) is 0 Å². The average Bonchev–Trinajstić information content (AvgIpc) is 2.66. The van der Waals surface area contributed by atoms with Gasteiger partial charge in [0.1, 0.15) is 5.82 Å². The van der Waals surface area contributed by atoms with Crippen LogP contribution in [0.3, 0.4) is 0 Å². The number of aliphatic hydroxyl groups excluding tert-OH is 1. The summed E-state index contributed by atoms with van der Waals surface area (Å²) >= 11 is 3.54. The third-order valence-corrected chi connectivity index (χ3v) is 4.40. The van der Waals surface area contributed by atoms with Crippen molar-refractivity contribution in [2.24, 2.45) is 7.05 Å². The highest BCUT2D eigenvalue weighted by molar-refractivity contribution is 9.10. The van der Waals surface area contributed by atoms with Crippen molar-refractivity contribution in [1.82, 2.24) is 9.78 Å². The fourth-order valence-electron chi connectivity index (χ4n) is 2.35. The molecule has 0 aliphatic carbocycles. The zero-order valence-corrected chi connectivity index (χ0v) is 13.4. The largest absolute Gasteiger partial charge is 0.388 e. The summed E-state index contributed by atoms with van der Waals surface area (Å²) in [5, 5.41) is 14.8. The Kier molecular flexibility index (Phi) is 4.60. The summed E-state index contributed by atoms with van der Waals surface area (Å²) in [4.78, 5) is 0. The first kappa shape index (κ1) is 15.2. The van der Waals surface area contributed by atoms with E-state index in [0.717, 1.165) is 33.4 Å². The van der Waals surface area contributed by atoms with E-state index < -0.39 is 6.10 Å². The number of rotatable bonds is 4. The van der Waals surface area contributed by atoms with Gasteiger partial charge in [0.15, 0.2) is 0 Å². The summed E-state index contributed by atoms with van der Waals surface area (Å²) in [5.41, 5.74) is 3.42. The lowest BCUT2D eigenvalue weighted by Crippen LogP contribution is -2.08. The van der Waals surface area contributed by atoms with E-state index in [1.807, 2.05) is 14.0 Å². The lowest BCUT2D eigenvalue weighted by molar-refractivity contribution is 0.175. The van der Waals surface area contributed by atoms with Gasteiger partial charge in [-0.15, -0.1) is 0 Å². The fourth-order valence-corrected chi connectivity index (χ4v) is 3.13. The molecule has 1 atom stereocenters. The predicted octanol–water partition coefficient (Wildman–Crippen LogP) is 3.47. The quantitative estimate of drug-likeness (QED) is 0.925. The molecule has 2 aromatic rings. The van der Waals surface area contributed by atoms with Gasteiger partial charge in [0.05, 0.1) is 22.0 Å². The van der Waals surface area contributed by atoms with Crippen molar-refractivity contribution in [3.8, 4) is 0 Å². The van der Waals surface area contributed by atoms with Crippen molar-refractivity contribution in [3.63, 3.8) is 0 Å². The van der Waals surface area contributed by atoms with Crippen LogP contribution in [0.4, 0.5) is 4.39 Å². The average molecular weight is 341 g/mol. The Morgan fingerprint density at radius 3 is 2.70 bits per heavy atom. The molecule has 1 unspecified atom stereocenters. The van der Waals surface area contributed by atoms with Crippen molar-refractivity contribution >= 4 is 15.9 Å². The van der Waals surface area contributed by atoms with Crippen LogP contribution in [0.1, 0.15) is 35.5 Å². The summed E-state index contributed by atoms with van der Waals surface area (Å²) < 4.78 is 15.8. The van der Waals surface area contributed by atoms with Gasteiger partial charge in [-0.1, -0.05) is 13.0 Å². The van der Waals surface area contributed by atoms with Crippen molar-refractivity contribution in [1.29, 1.82) is 0 Å². The topological polar surface area (TPSA) is 38.0 Å². The highest BCUT2D eigenvalue weighted by Crippen LogP contribution is 2.28. The van der Waals surface area contributed by atoms with Gasteiger partial charge in [-0.25, -0.2) is 4.39 Å². The second-order valence-electron chi connectivity index (χ2n) is 4.91.